The highest BCUT2D eigenvalue weighted by Gasteiger charge is 2.36. The molecule has 4 rings (SSSR count). The first-order valence-corrected chi connectivity index (χ1v) is 12.6. The molecule has 2 aromatic heterocycles. The van der Waals surface area contributed by atoms with Gasteiger partial charge in [-0.25, -0.2) is 17.9 Å². The first kappa shape index (κ1) is 20.5. The number of rotatable bonds is 6. The summed E-state index contributed by atoms with van der Waals surface area (Å²) in [4.78, 5) is 23.5. The van der Waals surface area contributed by atoms with Gasteiger partial charge in [-0.05, 0) is 39.2 Å². The average Bonchev–Trinajstić information content (AvgIpc) is 3.37. The molecule has 0 aromatic carbocycles. The maximum absolute atomic E-state index is 13.0. The summed E-state index contributed by atoms with van der Waals surface area (Å²) in [6.45, 7) is 4.97. The van der Waals surface area contributed by atoms with E-state index in [0.717, 1.165) is 24.2 Å². The summed E-state index contributed by atoms with van der Waals surface area (Å²) in [6, 6.07) is 1.64. The number of hydrogen-bond acceptors (Lipinski definition) is 8. The Morgan fingerprint density at radius 2 is 2.17 bits per heavy atom. The molecule has 2 atom stereocenters. The Labute approximate surface area is 174 Å². The molecule has 2 aliphatic heterocycles. The third-order valence-electron chi connectivity index (χ3n) is 5.32. The standard InChI is InChI=1S/C18H25N5O4S2/c1-12-8-13(2)23-17(19-12)20-18(21-23)28-10-16(24)22(9-15-4-3-6-27-15)14-5-7-29(25,26)11-14/h8,14-15H,3-7,9-11H2,1-2H3/t14-,15+/m1/s1. The number of aryl methyl sites for hydroxylation is 2. The van der Waals surface area contributed by atoms with Gasteiger partial charge in [0.2, 0.25) is 11.1 Å². The zero-order valence-corrected chi connectivity index (χ0v) is 18.2. The summed E-state index contributed by atoms with van der Waals surface area (Å²) in [6.07, 6.45) is 2.34. The SMILES string of the molecule is Cc1cc(C)n2nc(SCC(=O)N(C[C@@H]3CCCO3)[C@@H]3CCS(=O)(=O)C3)nc2n1. The third kappa shape index (κ3) is 4.72. The van der Waals surface area contributed by atoms with Crippen molar-refractivity contribution in [1.82, 2.24) is 24.5 Å². The van der Waals surface area contributed by atoms with Crippen molar-refractivity contribution in [1.29, 1.82) is 0 Å². The second-order valence-corrected chi connectivity index (χ2v) is 10.8. The van der Waals surface area contributed by atoms with E-state index in [-0.39, 0.29) is 35.3 Å². The van der Waals surface area contributed by atoms with Crippen LogP contribution in [0.1, 0.15) is 30.7 Å². The molecule has 29 heavy (non-hydrogen) atoms. The summed E-state index contributed by atoms with van der Waals surface area (Å²) < 4.78 is 31.2. The first-order chi connectivity index (χ1) is 13.8. The zero-order valence-electron chi connectivity index (χ0n) is 16.6. The summed E-state index contributed by atoms with van der Waals surface area (Å²) in [5.74, 6) is 0.727. The summed E-state index contributed by atoms with van der Waals surface area (Å²) in [5.41, 5.74) is 1.79. The molecule has 1 amide bonds. The first-order valence-electron chi connectivity index (χ1n) is 9.76. The monoisotopic (exact) mass is 439 g/mol. The van der Waals surface area contributed by atoms with E-state index in [0.29, 0.717) is 30.5 Å². The van der Waals surface area contributed by atoms with Crippen molar-refractivity contribution in [3.05, 3.63) is 17.5 Å². The molecule has 11 heteroatoms. The lowest BCUT2D eigenvalue weighted by Crippen LogP contribution is -2.46. The van der Waals surface area contributed by atoms with Crippen LogP contribution in [0.5, 0.6) is 0 Å². The number of nitrogens with zero attached hydrogens (tertiary/aromatic N) is 5. The van der Waals surface area contributed by atoms with Gasteiger partial charge >= 0.3 is 0 Å². The molecule has 0 aliphatic carbocycles. The number of hydrogen-bond donors (Lipinski definition) is 0. The smallest absolute Gasteiger partial charge is 0.253 e. The van der Waals surface area contributed by atoms with Gasteiger partial charge in [0.25, 0.3) is 5.78 Å². The van der Waals surface area contributed by atoms with E-state index in [1.54, 1.807) is 9.42 Å². The fourth-order valence-electron chi connectivity index (χ4n) is 3.90. The van der Waals surface area contributed by atoms with E-state index < -0.39 is 9.84 Å². The van der Waals surface area contributed by atoms with E-state index in [2.05, 4.69) is 15.1 Å². The zero-order chi connectivity index (χ0) is 20.6. The van der Waals surface area contributed by atoms with Crippen molar-refractivity contribution in [3.63, 3.8) is 0 Å². The van der Waals surface area contributed by atoms with Gasteiger partial charge in [0.05, 0.1) is 23.4 Å². The van der Waals surface area contributed by atoms with Crippen LogP contribution in [0.2, 0.25) is 0 Å². The molecule has 158 valence electrons. The minimum absolute atomic E-state index is 0.0182. The number of aromatic nitrogens is 4. The Balaban J connectivity index is 1.46. The van der Waals surface area contributed by atoms with E-state index in [4.69, 9.17) is 4.74 Å². The molecule has 0 unspecified atom stereocenters. The minimum atomic E-state index is -3.08. The molecule has 2 saturated heterocycles. The molecule has 9 nitrogen and oxygen atoms in total. The number of carbonyl (C=O) groups is 1. The lowest BCUT2D eigenvalue weighted by molar-refractivity contribution is -0.131. The second kappa shape index (κ2) is 8.19. The van der Waals surface area contributed by atoms with Gasteiger partial charge in [-0.1, -0.05) is 11.8 Å². The number of carbonyl (C=O) groups excluding carboxylic acids is 1. The molecule has 4 heterocycles. The van der Waals surface area contributed by atoms with Gasteiger partial charge in [0.15, 0.2) is 9.84 Å². The molecule has 0 saturated carbocycles. The van der Waals surface area contributed by atoms with Gasteiger partial charge in [0.1, 0.15) is 0 Å². The van der Waals surface area contributed by atoms with E-state index >= 15 is 0 Å². The van der Waals surface area contributed by atoms with Crippen molar-refractivity contribution in [2.24, 2.45) is 0 Å². The van der Waals surface area contributed by atoms with Crippen LogP contribution < -0.4 is 0 Å². The van der Waals surface area contributed by atoms with Crippen molar-refractivity contribution in [3.8, 4) is 0 Å². The number of sulfone groups is 1. The van der Waals surface area contributed by atoms with Crippen LogP contribution in [-0.2, 0) is 19.4 Å². The van der Waals surface area contributed by atoms with Gasteiger partial charge in [-0.3, -0.25) is 4.79 Å². The van der Waals surface area contributed by atoms with Gasteiger partial charge in [-0.2, -0.15) is 4.98 Å². The van der Waals surface area contributed by atoms with Crippen LogP contribution in [0, 0.1) is 13.8 Å². The fourth-order valence-corrected chi connectivity index (χ4v) is 6.34. The van der Waals surface area contributed by atoms with Crippen LogP contribution in [0.15, 0.2) is 11.2 Å². The molecule has 2 fully saturated rings. The summed E-state index contributed by atoms with van der Waals surface area (Å²) in [5, 5.41) is 4.91. The van der Waals surface area contributed by atoms with Crippen LogP contribution in [0.4, 0.5) is 0 Å². The Hall–Kier alpha value is -1.72. The molecule has 0 N–H and O–H groups in total. The van der Waals surface area contributed by atoms with Gasteiger partial charge in [-0.15, -0.1) is 5.10 Å². The Bertz CT molecular complexity index is 1020. The highest BCUT2D eigenvalue weighted by Crippen LogP contribution is 2.23. The van der Waals surface area contributed by atoms with Crippen molar-refractivity contribution < 1.29 is 17.9 Å². The highest BCUT2D eigenvalue weighted by molar-refractivity contribution is 7.99. The summed E-state index contributed by atoms with van der Waals surface area (Å²) >= 11 is 1.25. The topological polar surface area (TPSA) is 107 Å². The summed E-state index contributed by atoms with van der Waals surface area (Å²) in [7, 11) is -3.08. The number of amides is 1. The molecule has 0 bridgehead atoms. The average molecular weight is 440 g/mol. The quantitative estimate of drug-likeness (QED) is 0.614. The van der Waals surface area contributed by atoms with Crippen LogP contribution in [-0.4, -0.2) is 81.4 Å². The van der Waals surface area contributed by atoms with Crippen molar-refractivity contribution in [2.75, 3.05) is 30.4 Å². The van der Waals surface area contributed by atoms with E-state index in [1.165, 1.54) is 11.8 Å². The predicted molar refractivity (Wildman–Crippen MR) is 109 cm³/mol. The Morgan fingerprint density at radius 3 is 2.86 bits per heavy atom. The van der Waals surface area contributed by atoms with Crippen molar-refractivity contribution >= 4 is 33.3 Å². The lowest BCUT2D eigenvalue weighted by Gasteiger charge is -2.30. The number of ether oxygens (including phenoxy) is 1. The molecular weight excluding hydrogens is 414 g/mol. The van der Waals surface area contributed by atoms with E-state index in [9.17, 15) is 13.2 Å². The normalized spacial score (nSPS) is 23.7. The van der Waals surface area contributed by atoms with Crippen molar-refractivity contribution in [2.45, 2.75) is 50.4 Å². The third-order valence-corrected chi connectivity index (χ3v) is 7.89. The number of thioether (sulfide) groups is 1. The Kier molecular flexibility index (Phi) is 5.80. The Morgan fingerprint density at radius 1 is 1.34 bits per heavy atom. The van der Waals surface area contributed by atoms with Gasteiger partial charge < -0.3 is 9.64 Å². The highest BCUT2D eigenvalue weighted by atomic mass is 32.2. The number of fused-ring (bicyclic) bond motifs is 1. The second-order valence-electron chi connectivity index (χ2n) is 7.67. The van der Waals surface area contributed by atoms with Crippen LogP contribution >= 0.6 is 11.8 Å². The molecular formula is C18H25N5O4S2. The maximum atomic E-state index is 13.0. The predicted octanol–water partition coefficient (Wildman–Crippen LogP) is 1.03. The lowest BCUT2D eigenvalue weighted by atomic mass is 10.1. The molecule has 0 radical (unpaired) electrons. The largest absolute Gasteiger partial charge is 0.376 e. The maximum Gasteiger partial charge on any atom is 0.253 e. The minimum Gasteiger partial charge on any atom is -0.376 e. The van der Waals surface area contributed by atoms with Crippen LogP contribution in [0.25, 0.3) is 5.78 Å². The van der Waals surface area contributed by atoms with Crippen LogP contribution in [0.3, 0.4) is 0 Å². The molecule has 2 aromatic rings. The molecule has 2 aliphatic rings. The molecule has 0 spiro atoms. The van der Waals surface area contributed by atoms with E-state index in [1.807, 2.05) is 19.9 Å². The fraction of sp³-hybridized carbons (Fsp3) is 0.667. The van der Waals surface area contributed by atoms with Gasteiger partial charge in [0, 0.05) is 30.6 Å².